The summed E-state index contributed by atoms with van der Waals surface area (Å²) in [4.78, 5) is 20.2. The van der Waals surface area contributed by atoms with Crippen LogP contribution in [0.4, 0.5) is 18.9 Å². The van der Waals surface area contributed by atoms with E-state index in [1.807, 2.05) is 0 Å². The van der Waals surface area contributed by atoms with E-state index in [1.165, 1.54) is 6.92 Å². The number of nitrogens with zero attached hydrogens (tertiary/aromatic N) is 1. The van der Waals surface area contributed by atoms with Gasteiger partial charge in [0.25, 0.3) is 5.69 Å². The van der Waals surface area contributed by atoms with Crippen LogP contribution in [0.1, 0.15) is 6.92 Å². The van der Waals surface area contributed by atoms with E-state index in [1.54, 1.807) is 0 Å². The number of nitro benzene ring substituents is 1. The predicted molar refractivity (Wildman–Crippen MR) is 55.3 cm³/mol. The monoisotopic (exact) mass is 279 g/mol. The van der Waals surface area contributed by atoms with Crippen molar-refractivity contribution >= 4 is 11.7 Å². The molecule has 6 nitrogen and oxygen atoms in total. The molecule has 0 aromatic heterocycles. The number of ether oxygens (including phenoxy) is 2. The molecule has 0 saturated heterocycles. The van der Waals surface area contributed by atoms with Crippen LogP contribution in [0.15, 0.2) is 18.2 Å². The van der Waals surface area contributed by atoms with Crippen molar-refractivity contribution in [3.63, 3.8) is 0 Å². The molecule has 0 unspecified atom stereocenters. The molecule has 9 heteroatoms. The Labute approximate surface area is 104 Å². The predicted octanol–water partition coefficient (Wildman–Crippen LogP) is 2.27. The molecule has 0 fully saturated rings. The van der Waals surface area contributed by atoms with E-state index >= 15 is 0 Å². The third-order valence-corrected chi connectivity index (χ3v) is 1.88. The highest BCUT2D eigenvalue weighted by Gasteiger charge is 2.44. The normalized spacial score (nSPS) is 10.9. The van der Waals surface area contributed by atoms with Gasteiger partial charge in [0.05, 0.1) is 17.6 Å². The molecule has 1 aromatic rings. The number of carbonyl (C=O) groups excluding carboxylic acids is 1. The smallest absolute Gasteiger partial charge is 0.459 e. The summed E-state index contributed by atoms with van der Waals surface area (Å²) < 4.78 is 47.5. The molecule has 0 heterocycles. The van der Waals surface area contributed by atoms with Crippen LogP contribution in [0.5, 0.6) is 5.75 Å². The summed E-state index contributed by atoms with van der Waals surface area (Å²) in [5, 5.41) is 10.3. The number of halogens is 3. The zero-order chi connectivity index (χ0) is 14.6. The zero-order valence-electron chi connectivity index (χ0n) is 9.56. The van der Waals surface area contributed by atoms with Gasteiger partial charge in [0.1, 0.15) is 0 Å². The first-order valence-electron chi connectivity index (χ1n) is 4.96. The lowest BCUT2D eigenvalue weighted by molar-refractivity contribution is -0.385. The van der Waals surface area contributed by atoms with Gasteiger partial charge in [-0.2, -0.15) is 8.78 Å². The Morgan fingerprint density at radius 3 is 2.58 bits per heavy atom. The third kappa shape index (κ3) is 3.57. The molecular weight excluding hydrogens is 271 g/mol. The van der Waals surface area contributed by atoms with E-state index in [-0.39, 0.29) is 6.61 Å². The van der Waals surface area contributed by atoms with Crippen LogP contribution in [0, 0.1) is 15.9 Å². The summed E-state index contributed by atoms with van der Waals surface area (Å²) in [6.45, 7) is 1.00. The summed E-state index contributed by atoms with van der Waals surface area (Å²) >= 11 is 0. The van der Waals surface area contributed by atoms with Crippen LogP contribution >= 0.6 is 0 Å². The Bertz CT molecular complexity index is 506. The number of benzene rings is 1. The molecule has 0 aliphatic rings. The lowest BCUT2D eigenvalue weighted by atomic mass is 10.3. The quantitative estimate of drug-likeness (QED) is 0.469. The molecule has 0 aliphatic heterocycles. The molecule has 0 amide bonds. The number of non-ortho nitro benzene ring substituents is 1. The van der Waals surface area contributed by atoms with Crippen molar-refractivity contribution in [1.82, 2.24) is 0 Å². The van der Waals surface area contributed by atoms with Gasteiger partial charge < -0.3 is 9.47 Å². The number of nitro groups is 1. The fourth-order valence-electron chi connectivity index (χ4n) is 1.08. The van der Waals surface area contributed by atoms with Crippen molar-refractivity contribution in [1.29, 1.82) is 0 Å². The molecule has 0 radical (unpaired) electrons. The van der Waals surface area contributed by atoms with Crippen LogP contribution in [0.2, 0.25) is 0 Å². The summed E-state index contributed by atoms with van der Waals surface area (Å²) in [6, 6.07) is 1.79. The maximum absolute atomic E-state index is 13.3. The van der Waals surface area contributed by atoms with E-state index in [4.69, 9.17) is 0 Å². The van der Waals surface area contributed by atoms with E-state index in [9.17, 15) is 28.1 Å². The summed E-state index contributed by atoms with van der Waals surface area (Å²) in [7, 11) is 0. The minimum absolute atomic E-state index is 0.305. The molecule has 0 bridgehead atoms. The van der Waals surface area contributed by atoms with E-state index in [0.717, 1.165) is 6.07 Å². The molecule has 104 valence electrons. The fourth-order valence-corrected chi connectivity index (χ4v) is 1.08. The summed E-state index contributed by atoms with van der Waals surface area (Å²) in [5.74, 6) is -4.37. The first-order valence-corrected chi connectivity index (χ1v) is 4.96. The Balaban J connectivity index is 2.93. The molecule has 19 heavy (non-hydrogen) atoms. The molecule has 1 rings (SSSR count). The standard InChI is InChI=1S/C10H8F3NO5/c1-2-18-9(15)10(12,13)19-8-4-3-6(14(16)17)5-7(8)11/h3-5H,2H2,1H3. The minimum atomic E-state index is -4.38. The van der Waals surface area contributed by atoms with Crippen molar-refractivity contribution in [2.75, 3.05) is 6.61 Å². The van der Waals surface area contributed by atoms with Crippen molar-refractivity contribution in [3.05, 3.63) is 34.1 Å². The van der Waals surface area contributed by atoms with Crippen LogP contribution in [-0.4, -0.2) is 23.6 Å². The molecular formula is C10H8F3NO5. The average molecular weight is 279 g/mol. The second kappa shape index (κ2) is 5.55. The first kappa shape index (κ1) is 14.7. The van der Waals surface area contributed by atoms with Crippen LogP contribution in [0.25, 0.3) is 0 Å². The van der Waals surface area contributed by atoms with Gasteiger partial charge in [-0.3, -0.25) is 10.1 Å². The maximum atomic E-state index is 13.3. The molecule has 0 N–H and O–H groups in total. The Hall–Kier alpha value is -2.32. The second-order valence-corrected chi connectivity index (χ2v) is 3.21. The Morgan fingerprint density at radius 1 is 1.47 bits per heavy atom. The zero-order valence-corrected chi connectivity index (χ0v) is 9.56. The highest BCUT2D eigenvalue weighted by molar-refractivity contribution is 5.76. The highest BCUT2D eigenvalue weighted by atomic mass is 19.3. The summed E-state index contributed by atoms with van der Waals surface area (Å²) in [5.41, 5.74) is -0.635. The van der Waals surface area contributed by atoms with E-state index in [2.05, 4.69) is 9.47 Å². The maximum Gasteiger partial charge on any atom is 0.502 e. The van der Waals surface area contributed by atoms with Gasteiger partial charge in [0.15, 0.2) is 11.6 Å². The number of rotatable bonds is 5. The fraction of sp³-hybridized carbons (Fsp3) is 0.300. The van der Waals surface area contributed by atoms with E-state index in [0.29, 0.717) is 12.1 Å². The second-order valence-electron chi connectivity index (χ2n) is 3.21. The van der Waals surface area contributed by atoms with Gasteiger partial charge in [-0.05, 0) is 13.0 Å². The van der Waals surface area contributed by atoms with Crippen molar-refractivity contribution in [3.8, 4) is 5.75 Å². The van der Waals surface area contributed by atoms with Crippen LogP contribution < -0.4 is 4.74 Å². The van der Waals surface area contributed by atoms with Gasteiger partial charge in [0.2, 0.25) is 0 Å². The largest absolute Gasteiger partial charge is 0.502 e. The topological polar surface area (TPSA) is 78.7 Å². The van der Waals surface area contributed by atoms with Gasteiger partial charge >= 0.3 is 12.1 Å². The number of hydrogen-bond donors (Lipinski definition) is 0. The molecule has 0 aliphatic carbocycles. The number of esters is 1. The number of carbonyl (C=O) groups is 1. The van der Waals surface area contributed by atoms with Gasteiger partial charge in [-0.25, -0.2) is 9.18 Å². The molecule has 0 atom stereocenters. The minimum Gasteiger partial charge on any atom is -0.459 e. The first-order chi connectivity index (χ1) is 8.77. The lowest BCUT2D eigenvalue weighted by Gasteiger charge is -2.16. The summed E-state index contributed by atoms with van der Waals surface area (Å²) in [6.07, 6.45) is -4.38. The van der Waals surface area contributed by atoms with Gasteiger partial charge in [-0.15, -0.1) is 0 Å². The van der Waals surface area contributed by atoms with Gasteiger partial charge in [0, 0.05) is 6.07 Å². The average Bonchev–Trinajstić information content (AvgIpc) is 2.31. The highest BCUT2D eigenvalue weighted by Crippen LogP contribution is 2.28. The van der Waals surface area contributed by atoms with Crippen LogP contribution in [-0.2, 0) is 9.53 Å². The van der Waals surface area contributed by atoms with Crippen LogP contribution in [0.3, 0.4) is 0 Å². The van der Waals surface area contributed by atoms with Crippen molar-refractivity contribution in [2.24, 2.45) is 0 Å². The van der Waals surface area contributed by atoms with Crippen molar-refractivity contribution < 1.29 is 32.4 Å². The lowest BCUT2D eigenvalue weighted by Crippen LogP contribution is -2.37. The van der Waals surface area contributed by atoms with E-state index < -0.39 is 34.3 Å². The van der Waals surface area contributed by atoms with Crippen molar-refractivity contribution in [2.45, 2.75) is 13.0 Å². The Kier molecular flexibility index (Phi) is 4.30. The number of hydrogen-bond acceptors (Lipinski definition) is 5. The number of alkyl halides is 2. The SMILES string of the molecule is CCOC(=O)C(F)(F)Oc1ccc([N+](=O)[O-])cc1F. The molecule has 1 aromatic carbocycles. The molecule has 0 saturated carbocycles. The Morgan fingerprint density at radius 2 is 2.11 bits per heavy atom. The molecule has 0 spiro atoms. The van der Waals surface area contributed by atoms with Gasteiger partial charge in [-0.1, -0.05) is 0 Å². The third-order valence-electron chi connectivity index (χ3n) is 1.88.